The van der Waals surface area contributed by atoms with Crippen LogP contribution in [0.3, 0.4) is 0 Å². The van der Waals surface area contributed by atoms with E-state index in [9.17, 15) is 24.3 Å². The van der Waals surface area contributed by atoms with Crippen molar-refractivity contribution in [1.29, 1.82) is 0 Å². The third-order valence-corrected chi connectivity index (χ3v) is 4.45. The summed E-state index contributed by atoms with van der Waals surface area (Å²) in [7, 11) is 0. The van der Waals surface area contributed by atoms with Crippen LogP contribution >= 0.6 is 0 Å². The summed E-state index contributed by atoms with van der Waals surface area (Å²) in [5.41, 5.74) is 0.244. The van der Waals surface area contributed by atoms with E-state index in [2.05, 4.69) is 6.58 Å². The maximum absolute atomic E-state index is 12.1. The quantitative estimate of drug-likeness (QED) is 0.561. The van der Waals surface area contributed by atoms with Crippen molar-refractivity contribution in [2.75, 3.05) is 0 Å². The Bertz CT molecular complexity index is 547. The fraction of sp³-hybridized carbons (Fsp3) is 0.538. The summed E-state index contributed by atoms with van der Waals surface area (Å²) in [6.07, 6.45) is -0.796. The first-order valence-corrected chi connectivity index (χ1v) is 6.03. The largest absolute Gasteiger partial charge is 0.481 e. The summed E-state index contributed by atoms with van der Waals surface area (Å²) in [6, 6.07) is 0. The molecule has 1 N–H and O–H groups in total. The number of allylic oxidation sites excluding steroid dienone is 1. The van der Waals surface area contributed by atoms with E-state index in [-0.39, 0.29) is 17.1 Å². The molecule has 3 rings (SSSR count). The van der Waals surface area contributed by atoms with Gasteiger partial charge in [-0.1, -0.05) is 6.58 Å². The lowest BCUT2D eigenvalue weighted by Gasteiger charge is -2.26. The van der Waals surface area contributed by atoms with E-state index in [4.69, 9.17) is 4.74 Å². The number of ketones is 2. The zero-order chi connectivity index (χ0) is 14.1. The van der Waals surface area contributed by atoms with Crippen molar-refractivity contribution in [3.05, 3.63) is 12.2 Å². The second-order valence-corrected chi connectivity index (χ2v) is 5.42. The van der Waals surface area contributed by atoms with Crippen LogP contribution in [0.4, 0.5) is 0 Å². The molecular weight excluding hydrogens is 252 g/mol. The standard InChI is InChI=1S/C13H12O6/c1-3(2)9(14)7-4-5(12(16)17)6-8(10(4)15)11(7)19-13(6)18/h4-8,11H,1H2,2H3,(H,16,17). The smallest absolute Gasteiger partial charge is 0.311 e. The number of hydrogen-bond donors (Lipinski definition) is 1. The van der Waals surface area contributed by atoms with E-state index >= 15 is 0 Å². The minimum atomic E-state index is -1.22. The molecule has 1 aliphatic heterocycles. The Labute approximate surface area is 108 Å². The molecule has 6 nitrogen and oxygen atoms in total. The molecule has 6 heteroatoms. The van der Waals surface area contributed by atoms with E-state index in [0.717, 1.165) is 0 Å². The first-order valence-electron chi connectivity index (χ1n) is 6.03. The number of Topliss-reactive ketones (excluding diaryl/α,β-unsaturated/α-hetero) is 2. The minimum Gasteiger partial charge on any atom is -0.481 e. The predicted molar refractivity (Wildman–Crippen MR) is 59.8 cm³/mol. The zero-order valence-electron chi connectivity index (χ0n) is 10.2. The van der Waals surface area contributed by atoms with Gasteiger partial charge >= 0.3 is 11.9 Å². The van der Waals surface area contributed by atoms with Crippen LogP contribution in [0, 0.1) is 29.6 Å². The highest BCUT2D eigenvalue weighted by molar-refractivity contribution is 6.09. The SMILES string of the molecule is C=C(C)C(=O)C1C2OC(=O)C3C2C(=O)C1C3C(=O)O. The summed E-state index contributed by atoms with van der Waals surface area (Å²) >= 11 is 0. The highest BCUT2D eigenvalue weighted by atomic mass is 16.6. The van der Waals surface area contributed by atoms with Crippen molar-refractivity contribution in [3.63, 3.8) is 0 Å². The second-order valence-electron chi connectivity index (χ2n) is 5.42. The van der Waals surface area contributed by atoms with Gasteiger partial charge in [0.1, 0.15) is 11.9 Å². The van der Waals surface area contributed by atoms with Gasteiger partial charge in [-0.2, -0.15) is 0 Å². The molecule has 19 heavy (non-hydrogen) atoms. The fourth-order valence-corrected chi connectivity index (χ4v) is 3.77. The molecule has 2 bridgehead atoms. The Morgan fingerprint density at radius 1 is 1.16 bits per heavy atom. The van der Waals surface area contributed by atoms with Gasteiger partial charge in [-0.25, -0.2) is 0 Å². The maximum Gasteiger partial charge on any atom is 0.311 e. The molecule has 3 aliphatic rings. The van der Waals surface area contributed by atoms with Crippen LogP contribution in [-0.2, 0) is 23.9 Å². The van der Waals surface area contributed by atoms with Crippen molar-refractivity contribution in [2.45, 2.75) is 13.0 Å². The number of ether oxygens (including phenoxy) is 1. The topological polar surface area (TPSA) is 97.7 Å². The summed E-state index contributed by atoms with van der Waals surface area (Å²) < 4.78 is 5.09. The molecule has 100 valence electrons. The lowest BCUT2D eigenvalue weighted by atomic mass is 9.72. The van der Waals surface area contributed by atoms with Crippen molar-refractivity contribution in [2.24, 2.45) is 29.6 Å². The number of aliphatic carboxylic acids is 1. The van der Waals surface area contributed by atoms with Crippen LogP contribution in [0.25, 0.3) is 0 Å². The molecule has 2 aliphatic carbocycles. The predicted octanol–water partition coefficient (Wildman–Crippen LogP) is -0.181. The van der Waals surface area contributed by atoms with Crippen LogP contribution in [0.5, 0.6) is 0 Å². The molecule has 0 radical (unpaired) electrons. The summed E-state index contributed by atoms with van der Waals surface area (Å²) in [6.45, 7) is 5.03. The van der Waals surface area contributed by atoms with Crippen LogP contribution in [0.15, 0.2) is 12.2 Å². The average Bonchev–Trinajstić information content (AvgIpc) is 2.85. The van der Waals surface area contributed by atoms with Gasteiger partial charge in [0.2, 0.25) is 0 Å². The van der Waals surface area contributed by atoms with E-state index in [1.807, 2.05) is 0 Å². The number of carbonyl (C=O) groups is 4. The number of carboxylic acids is 1. The van der Waals surface area contributed by atoms with Gasteiger partial charge in [-0.05, 0) is 12.5 Å². The number of rotatable bonds is 3. The van der Waals surface area contributed by atoms with Gasteiger partial charge in [-0.15, -0.1) is 0 Å². The molecule has 0 aromatic heterocycles. The number of fused-ring (bicyclic) bond motifs is 1. The molecule has 3 fully saturated rings. The monoisotopic (exact) mass is 264 g/mol. The molecule has 6 atom stereocenters. The van der Waals surface area contributed by atoms with Gasteiger partial charge in [0.05, 0.1) is 23.7 Å². The fourth-order valence-electron chi connectivity index (χ4n) is 3.77. The van der Waals surface area contributed by atoms with E-state index in [1.165, 1.54) is 6.92 Å². The van der Waals surface area contributed by atoms with Gasteiger partial charge in [0.15, 0.2) is 5.78 Å². The van der Waals surface area contributed by atoms with E-state index in [1.54, 1.807) is 0 Å². The Balaban J connectivity index is 2.10. The summed E-state index contributed by atoms with van der Waals surface area (Å²) in [5, 5.41) is 9.24. The number of carbonyl (C=O) groups excluding carboxylic acids is 3. The number of esters is 1. The molecular formula is C13H12O6. The van der Waals surface area contributed by atoms with Crippen LogP contribution < -0.4 is 0 Å². The maximum atomic E-state index is 12.1. The molecule has 6 unspecified atom stereocenters. The number of carboxylic acid groups (broad SMARTS) is 1. The van der Waals surface area contributed by atoms with Crippen LogP contribution in [0.2, 0.25) is 0 Å². The minimum absolute atomic E-state index is 0.244. The van der Waals surface area contributed by atoms with E-state index in [0.29, 0.717) is 0 Å². The summed E-state index contributed by atoms with van der Waals surface area (Å²) in [5.74, 6) is -7.26. The lowest BCUT2D eigenvalue weighted by molar-refractivity contribution is -0.151. The van der Waals surface area contributed by atoms with E-state index < -0.39 is 47.6 Å². The second kappa shape index (κ2) is 3.53. The van der Waals surface area contributed by atoms with Gasteiger partial charge < -0.3 is 9.84 Å². The van der Waals surface area contributed by atoms with Crippen LogP contribution in [-0.4, -0.2) is 34.7 Å². The Hall–Kier alpha value is -1.98. The molecule has 0 aromatic rings. The molecule has 1 saturated heterocycles. The first kappa shape index (κ1) is 12.1. The summed E-state index contributed by atoms with van der Waals surface area (Å²) in [4.78, 5) is 47.3. The van der Waals surface area contributed by atoms with Crippen LogP contribution in [0.1, 0.15) is 6.92 Å². The van der Waals surface area contributed by atoms with Crippen molar-refractivity contribution < 1.29 is 29.0 Å². The van der Waals surface area contributed by atoms with Crippen molar-refractivity contribution in [1.82, 2.24) is 0 Å². The Morgan fingerprint density at radius 3 is 2.32 bits per heavy atom. The van der Waals surface area contributed by atoms with Gasteiger partial charge in [-0.3, -0.25) is 19.2 Å². The Kier molecular flexibility index (Phi) is 2.24. The molecule has 1 heterocycles. The lowest BCUT2D eigenvalue weighted by Crippen LogP contribution is -2.41. The molecule has 0 spiro atoms. The zero-order valence-corrected chi connectivity index (χ0v) is 10.2. The first-order chi connectivity index (χ1) is 8.86. The number of hydrogen-bond acceptors (Lipinski definition) is 5. The molecule has 2 saturated carbocycles. The Morgan fingerprint density at radius 2 is 1.79 bits per heavy atom. The van der Waals surface area contributed by atoms with Gasteiger partial charge in [0.25, 0.3) is 0 Å². The van der Waals surface area contributed by atoms with Crippen molar-refractivity contribution in [3.8, 4) is 0 Å². The normalized spacial score (nSPS) is 42.4. The molecule has 0 aromatic carbocycles. The highest BCUT2D eigenvalue weighted by Gasteiger charge is 2.74. The van der Waals surface area contributed by atoms with Crippen molar-refractivity contribution >= 4 is 23.5 Å². The third-order valence-electron chi connectivity index (χ3n) is 4.45. The molecule has 0 amide bonds. The third kappa shape index (κ3) is 1.26. The van der Waals surface area contributed by atoms with Gasteiger partial charge in [0, 0.05) is 5.92 Å². The average molecular weight is 264 g/mol. The highest BCUT2D eigenvalue weighted by Crippen LogP contribution is 2.58.